The Bertz CT molecular complexity index is 998. The average Bonchev–Trinajstić information content (AvgIpc) is 3.38. The van der Waals surface area contributed by atoms with Gasteiger partial charge in [0.15, 0.2) is 0 Å². The predicted molar refractivity (Wildman–Crippen MR) is 127 cm³/mol. The van der Waals surface area contributed by atoms with E-state index in [2.05, 4.69) is 5.32 Å². The molecule has 0 radical (unpaired) electrons. The number of nitrogens with one attached hydrogen (secondary N) is 1. The molecular formula is C24H30N4O3S. The van der Waals surface area contributed by atoms with Gasteiger partial charge in [-0.1, -0.05) is 30.3 Å². The zero-order valence-electron chi connectivity index (χ0n) is 18.4. The van der Waals surface area contributed by atoms with Gasteiger partial charge in [0.05, 0.1) is 18.2 Å². The lowest BCUT2D eigenvalue weighted by Crippen LogP contribution is -2.44. The second-order valence-electron chi connectivity index (χ2n) is 8.56. The number of benzene rings is 1. The minimum absolute atomic E-state index is 0.0212. The van der Waals surface area contributed by atoms with E-state index in [0.29, 0.717) is 23.5 Å². The number of primary amides is 1. The van der Waals surface area contributed by atoms with Gasteiger partial charge in [-0.3, -0.25) is 19.3 Å². The third kappa shape index (κ3) is 4.71. The van der Waals surface area contributed by atoms with Gasteiger partial charge in [0, 0.05) is 18.0 Å². The summed E-state index contributed by atoms with van der Waals surface area (Å²) in [6.45, 7) is 4.20. The van der Waals surface area contributed by atoms with Crippen LogP contribution in [0, 0.1) is 6.92 Å². The van der Waals surface area contributed by atoms with E-state index in [9.17, 15) is 14.4 Å². The van der Waals surface area contributed by atoms with Crippen molar-refractivity contribution >= 4 is 34.1 Å². The second kappa shape index (κ2) is 9.83. The summed E-state index contributed by atoms with van der Waals surface area (Å²) in [6.07, 6.45) is 4.67. The molecule has 2 saturated heterocycles. The van der Waals surface area contributed by atoms with Crippen molar-refractivity contribution < 1.29 is 14.4 Å². The van der Waals surface area contributed by atoms with Crippen LogP contribution >= 0.6 is 11.3 Å². The molecule has 1 atom stereocenters. The highest BCUT2D eigenvalue weighted by atomic mass is 32.1. The topological polar surface area (TPSA) is 95.7 Å². The van der Waals surface area contributed by atoms with Crippen LogP contribution in [0.4, 0.5) is 5.00 Å². The Kier molecular flexibility index (Phi) is 6.91. The Morgan fingerprint density at radius 1 is 1.06 bits per heavy atom. The molecular weight excluding hydrogens is 424 g/mol. The van der Waals surface area contributed by atoms with Crippen molar-refractivity contribution in [3.63, 3.8) is 0 Å². The molecule has 3 heterocycles. The molecule has 0 aliphatic carbocycles. The van der Waals surface area contributed by atoms with Crippen molar-refractivity contribution in [1.29, 1.82) is 0 Å². The van der Waals surface area contributed by atoms with Crippen LogP contribution in [0.25, 0.3) is 10.4 Å². The van der Waals surface area contributed by atoms with Crippen molar-refractivity contribution in [3.05, 3.63) is 41.5 Å². The van der Waals surface area contributed by atoms with Gasteiger partial charge < -0.3 is 16.0 Å². The molecule has 8 heteroatoms. The van der Waals surface area contributed by atoms with Crippen LogP contribution in [0.5, 0.6) is 0 Å². The van der Waals surface area contributed by atoms with E-state index in [1.54, 1.807) is 0 Å². The molecule has 0 spiro atoms. The Hall–Kier alpha value is -2.71. The summed E-state index contributed by atoms with van der Waals surface area (Å²) in [7, 11) is 0. The SMILES string of the molecule is Cc1c(-c2ccccc2)sc(NC(=O)CN2CCCC2C(N)=O)c1C(=O)N1CCCCC1. The molecule has 3 amide bonds. The smallest absolute Gasteiger partial charge is 0.257 e. The van der Waals surface area contributed by atoms with Crippen LogP contribution in [0.1, 0.15) is 48.0 Å². The van der Waals surface area contributed by atoms with Crippen molar-refractivity contribution in [1.82, 2.24) is 9.80 Å². The van der Waals surface area contributed by atoms with Crippen molar-refractivity contribution in [2.45, 2.75) is 45.1 Å². The molecule has 32 heavy (non-hydrogen) atoms. The number of piperidine rings is 1. The Morgan fingerprint density at radius 2 is 1.78 bits per heavy atom. The zero-order chi connectivity index (χ0) is 22.7. The minimum atomic E-state index is -0.403. The predicted octanol–water partition coefficient (Wildman–Crippen LogP) is 3.24. The maximum atomic E-state index is 13.5. The maximum absolute atomic E-state index is 13.5. The van der Waals surface area contributed by atoms with Crippen molar-refractivity contribution in [2.24, 2.45) is 5.73 Å². The number of carbonyl (C=O) groups is 3. The van der Waals surface area contributed by atoms with Crippen molar-refractivity contribution in [3.8, 4) is 10.4 Å². The summed E-state index contributed by atoms with van der Waals surface area (Å²) in [5.41, 5.74) is 7.99. The van der Waals surface area contributed by atoms with Gasteiger partial charge in [0.2, 0.25) is 11.8 Å². The number of anilines is 1. The first-order valence-corrected chi connectivity index (χ1v) is 12.1. The summed E-state index contributed by atoms with van der Waals surface area (Å²) >= 11 is 1.44. The molecule has 2 aliphatic heterocycles. The number of carbonyl (C=O) groups excluding carboxylic acids is 3. The fraction of sp³-hybridized carbons (Fsp3) is 0.458. The van der Waals surface area contributed by atoms with E-state index in [-0.39, 0.29) is 18.4 Å². The number of likely N-dealkylation sites (tertiary alicyclic amines) is 2. The van der Waals surface area contributed by atoms with Crippen LogP contribution < -0.4 is 11.1 Å². The maximum Gasteiger partial charge on any atom is 0.257 e. The molecule has 2 aliphatic rings. The molecule has 2 aromatic rings. The fourth-order valence-corrected chi connectivity index (χ4v) is 5.89. The molecule has 1 aromatic heterocycles. The molecule has 0 saturated carbocycles. The molecule has 0 bridgehead atoms. The van der Waals surface area contributed by atoms with Gasteiger partial charge in [0.25, 0.3) is 5.91 Å². The Balaban J connectivity index is 1.61. The summed E-state index contributed by atoms with van der Waals surface area (Å²) in [5, 5.41) is 3.57. The first-order valence-electron chi connectivity index (χ1n) is 11.3. The first-order chi connectivity index (χ1) is 15.5. The van der Waals surface area contributed by atoms with Gasteiger partial charge in [-0.25, -0.2) is 0 Å². The summed E-state index contributed by atoms with van der Waals surface area (Å²) in [5.74, 6) is -0.645. The highest BCUT2D eigenvalue weighted by Crippen LogP contribution is 2.40. The first kappa shape index (κ1) is 22.5. The summed E-state index contributed by atoms with van der Waals surface area (Å²) in [6, 6.07) is 9.52. The van der Waals surface area contributed by atoms with Gasteiger partial charge in [0.1, 0.15) is 5.00 Å². The van der Waals surface area contributed by atoms with Crippen molar-refractivity contribution in [2.75, 3.05) is 31.5 Å². The van der Waals surface area contributed by atoms with Crippen LogP contribution in [0.2, 0.25) is 0 Å². The zero-order valence-corrected chi connectivity index (χ0v) is 19.2. The van der Waals surface area contributed by atoms with Crippen LogP contribution in [-0.4, -0.2) is 59.7 Å². The van der Waals surface area contributed by atoms with Gasteiger partial charge >= 0.3 is 0 Å². The molecule has 1 unspecified atom stereocenters. The largest absolute Gasteiger partial charge is 0.368 e. The number of amides is 3. The Morgan fingerprint density at radius 3 is 2.47 bits per heavy atom. The quantitative estimate of drug-likeness (QED) is 0.700. The minimum Gasteiger partial charge on any atom is -0.368 e. The molecule has 7 nitrogen and oxygen atoms in total. The number of hydrogen-bond acceptors (Lipinski definition) is 5. The number of thiophene rings is 1. The van der Waals surface area contributed by atoms with Crippen LogP contribution in [-0.2, 0) is 9.59 Å². The van der Waals surface area contributed by atoms with Crippen LogP contribution in [0.3, 0.4) is 0 Å². The van der Waals surface area contributed by atoms with E-state index < -0.39 is 11.9 Å². The monoisotopic (exact) mass is 454 g/mol. The normalized spacial score (nSPS) is 19.2. The molecule has 4 rings (SSSR count). The lowest BCUT2D eigenvalue weighted by atomic mass is 10.0. The van der Waals surface area contributed by atoms with E-state index in [1.165, 1.54) is 11.3 Å². The highest BCUT2D eigenvalue weighted by molar-refractivity contribution is 7.20. The van der Waals surface area contributed by atoms with Gasteiger partial charge in [-0.2, -0.15) is 0 Å². The summed E-state index contributed by atoms with van der Waals surface area (Å²) < 4.78 is 0. The average molecular weight is 455 g/mol. The number of hydrogen-bond donors (Lipinski definition) is 2. The van der Waals surface area contributed by atoms with Crippen LogP contribution in [0.15, 0.2) is 30.3 Å². The van der Waals surface area contributed by atoms with E-state index in [1.807, 2.05) is 47.1 Å². The number of nitrogens with zero attached hydrogens (tertiary/aromatic N) is 2. The second-order valence-corrected chi connectivity index (χ2v) is 9.58. The lowest BCUT2D eigenvalue weighted by molar-refractivity contribution is -0.123. The molecule has 3 N–H and O–H groups in total. The van der Waals surface area contributed by atoms with E-state index in [0.717, 1.165) is 54.8 Å². The molecule has 170 valence electrons. The third-order valence-electron chi connectivity index (χ3n) is 6.33. The van der Waals surface area contributed by atoms with E-state index in [4.69, 9.17) is 5.73 Å². The summed E-state index contributed by atoms with van der Waals surface area (Å²) in [4.78, 5) is 42.8. The Labute approximate surface area is 192 Å². The van der Waals surface area contributed by atoms with Gasteiger partial charge in [-0.05, 0) is 56.7 Å². The van der Waals surface area contributed by atoms with Gasteiger partial charge in [-0.15, -0.1) is 11.3 Å². The number of nitrogens with two attached hydrogens (primary N) is 1. The molecule has 1 aromatic carbocycles. The fourth-order valence-electron chi connectivity index (χ4n) is 4.67. The molecule has 2 fully saturated rings. The van der Waals surface area contributed by atoms with E-state index >= 15 is 0 Å². The highest BCUT2D eigenvalue weighted by Gasteiger charge is 2.32. The lowest BCUT2D eigenvalue weighted by Gasteiger charge is -2.27. The number of rotatable bonds is 6. The third-order valence-corrected chi connectivity index (χ3v) is 7.59. The standard InChI is InChI=1S/C24H30N4O3S/c1-16-20(24(31)27-12-6-3-7-13-27)23(32-21(16)17-9-4-2-5-10-17)26-19(29)15-28-14-8-11-18(28)22(25)30/h2,4-5,9-10,18H,3,6-8,11-15H2,1H3,(H2,25,30)(H,26,29).